The molecule has 0 unspecified atom stereocenters. The minimum Gasteiger partial charge on any atom is -0.465 e. The third-order valence-electron chi connectivity index (χ3n) is 3.86. The van der Waals surface area contributed by atoms with Gasteiger partial charge in [0.25, 0.3) is 0 Å². The summed E-state index contributed by atoms with van der Waals surface area (Å²) in [6.45, 7) is 12.3. The molecule has 0 bridgehead atoms. The Morgan fingerprint density at radius 1 is 1.00 bits per heavy atom. The van der Waals surface area contributed by atoms with E-state index in [1.165, 1.54) is 5.56 Å². The summed E-state index contributed by atoms with van der Waals surface area (Å²) in [4.78, 5) is 4.55. The lowest BCUT2D eigenvalue weighted by atomic mass is 10.1. The molecule has 128 valence electrons. The number of allylic oxidation sites excluding steroid dienone is 1. The normalized spacial score (nSPS) is 11.1. The number of benzene rings is 1. The first-order chi connectivity index (χ1) is 11.4. The van der Waals surface area contributed by atoms with Gasteiger partial charge in [0, 0.05) is 11.8 Å². The molecule has 0 N–H and O–H groups in total. The molecule has 0 aliphatic rings. The van der Waals surface area contributed by atoms with E-state index in [0.29, 0.717) is 5.88 Å². The summed E-state index contributed by atoms with van der Waals surface area (Å²) in [6, 6.07) is 6.18. The molecule has 3 heteroatoms. The maximum atomic E-state index is 6.16. The third kappa shape index (κ3) is 4.38. The molecule has 0 atom stereocenters. The SMILES string of the molecule is CCCC=COc1cc(C)nc(Oc2c(C)cc(C)cc2C)c1C. The van der Waals surface area contributed by atoms with Crippen molar-refractivity contribution in [1.82, 2.24) is 4.98 Å². The zero-order valence-electron chi connectivity index (χ0n) is 15.6. The van der Waals surface area contributed by atoms with E-state index in [1.807, 2.05) is 26.0 Å². The number of unbranched alkanes of at least 4 members (excludes halogenated alkanes) is 1. The largest absolute Gasteiger partial charge is 0.465 e. The number of nitrogens with zero attached hydrogens (tertiary/aromatic N) is 1. The third-order valence-corrected chi connectivity index (χ3v) is 3.86. The van der Waals surface area contributed by atoms with Gasteiger partial charge in [0.05, 0.1) is 11.8 Å². The molecule has 0 spiro atoms. The molecule has 2 rings (SSSR count). The highest BCUT2D eigenvalue weighted by molar-refractivity contribution is 5.48. The van der Waals surface area contributed by atoms with Crippen LogP contribution < -0.4 is 9.47 Å². The van der Waals surface area contributed by atoms with Gasteiger partial charge in [0.1, 0.15) is 11.5 Å². The van der Waals surface area contributed by atoms with Gasteiger partial charge in [0.2, 0.25) is 5.88 Å². The van der Waals surface area contributed by atoms with E-state index >= 15 is 0 Å². The van der Waals surface area contributed by atoms with E-state index in [2.05, 4.69) is 44.8 Å². The highest BCUT2D eigenvalue weighted by Crippen LogP contribution is 2.34. The molecule has 0 aliphatic carbocycles. The van der Waals surface area contributed by atoms with Gasteiger partial charge in [-0.05, 0) is 58.2 Å². The van der Waals surface area contributed by atoms with E-state index in [4.69, 9.17) is 9.47 Å². The number of pyridine rings is 1. The van der Waals surface area contributed by atoms with E-state index in [-0.39, 0.29) is 0 Å². The molecule has 2 aromatic rings. The molecule has 24 heavy (non-hydrogen) atoms. The summed E-state index contributed by atoms with van der Waals surface area (Å²) in [5, 5.41) is 0. The average molecular weight is 325 g/mol. The van der Waals surface area contributed by atoms with Gasteiger partial charge in [-0.25, -0.2) is 4.98 Å². The van der Waals surface area contributed by atoms with Crippen molar-refractivity contribution in [3.05, 3.63) is 58.5 Å². The number of hydrogen-bond donors (Lipinski definition) is 0. The van der Waals surface area contributed by atoms with E-state index in [1.54, 1.807) is 6.26 Å². The average Bonchev–Trinajstić information content (AvgIpc) is 2.51. The highest BCUT2D eigenvalue weighted by Gasteiger charge is 2.13. The number of aryl methyl sites for hydroxylation is 4. The van der Waals surface area contributed by atoms with Crippen LogP contribution >= 0.6 is 0 Å². The molecule has 0 radical (unpaired) electrons. The number of hydrogen-bond acceptors (Lipinski definition) is 3. The van der Waals surface area contributed by atoms with Crippen molar-refractivity contribution in [2.45, 2.75) is 54.4 Å². The predicted molar refractivity (Wildman–Crippen MR) is 99.1 cm³/mol. The van der Waals surface area contributed by atoms with Crippen LogP contribution in [-0.4, -0.2) is 4.98 Å². The Balaban J connectivity index is 2.33. The monoisotopic (exact) mass is 325 g/mol. The molecule has 0 fully saturated rings. The quantitative estimate of drug-likeness (QED) is 0.600. The van der Waals surface area contributed by atoms with Gasteiger partial charge in [-0.15, -0.1) is 0 Å². The van der Waals surface area contributed by atoms with Crippen LogP contribution in [0.25, 0.3) is 0 Å². The van der Waals surface area contributed by atoms with Crippen molar-refractivity contribution in [3.8, 4) is 17.4 Å². The Morgan fingerprint density at radius 2 is 1.67 bits per heavy atom. The van der Waals surface area contributed by atoms with Crippen LogP contribution in [0.4, 0.5) is 0 Å². The Bertz CT molecular complexity index is 725. The summed E-state index contributed by atoms with van der Waals surface area (Å²) < 4.78 is 11.9. The molecular weight excluding hydrogens is 298 g/mol. The first-order valence-corrected chi connectivity index (χ1v) is 8.48. The molecule has 1 heterocycles. The smallest absolute Gasteiger partial charge is 0.226 e. The van der Waals surface area contributed by atoms with Crippen LogP contribution in [0, 0.1) is 34.6 Å². The first-order valence-electron chi connectivity index (χ1n) is 8.48. The van der Waals surface area contributed by atoms with Gasteiger partial charge in [-0.3, -0.25) is 0 Å². The van der Waals surface area contributed by atoms with Crippen molar-refractivity contribution in [1.29, 1.82) is 0 Å². The molecule has 3 nitrogen and oxygen atoms in total. The first kappa shape index (κ1) is 18.1. The summed E-state index contributed by atoms with van der Waals surface area (Å²) in [5.41, 5.74) is 5.23. The molecule has 1 aromatic heterocycles. The highest BCUT2D eigenvalue weighted by atomic mass is 16.5. The van der Waals surface area contributed by atoms with Gasteiger partial charge in [-0.1, -0.05) is 31.0 Å². The van der Waals surface area contributed by atoms with Gasteiger partial charge in [0.15, 0.2) is 0 Å². The van der Waals surface area contributed by atoms with Crippen LogP contribution in [0.1, 0.15) is 47.7 Å². The molecule has 0 aliphatic heterocycles. The minimum absolute atomic E-state index is 0.601. The van der Waals surface area contributed by atoms with Crippen LogP contribution in [0.2, 0.25) is 0 Å². The predicted octanol–water partition coefficient (Wildman–Crippen LogP) is 6.11. The summed E-state index contributed by atoms with van der Waals surface area (Å²) in [6.07, 6.45) is 5.89. The van der Waals surface area contributed by atoms with Crippen LogP contribution in [0.3, 0.4) is 0 Å². The molecule has 0 saturated carbocycles. The Hall–Kier alpha value is -2.29. The second-order valence-corrected chi connectivity index (χ2v) is 6.30. The Labute approximate surface area is 145 Å². The fourth-order valence-electron chi connectivity index (χ4n) is 2.68. The van der Waals surface area contributed by atoms with Crippen molar-refractivity contribution in [2.75, 3.05) is 0 Å². The zero-order chi connectivity index (χ0) is 17.7. The summed E-state index contributed by atoms with van der Waals surface area (Å²) in [5.74, 6) is 2.26. The molecule has 0 saturated heterocycles. The Kier molecular flexibility index (Phi) is 6.02. The second-order valence-electron chi connectivity index (χ2n) is 6.30. The van der Waals surface area contributed by atoms with Crippen LogP contribution in [0.15, 0.2) is 30.5 Å². The standard InChI is InChI=1S/C21H27NO2/c1-7-8-9-10-23-19-13-17(5)22-21(18(19)6)24-20-15(3)11-14(2)12-16(20)4/h9-13H,7-8H2,1-6H3. The van der Waals surface area contributed by atoms with Crippen molar-refractivity contribution in [3.63, 3.8) is 0 Å². The maximum Gasteiger partial charge on any atom is 0.226 e. The second kappa shape index (κ2) is 8.00. The maximum absolute atomic E-state index is 6.16. The molecule has 1 aromatic carbocycles. The van der Waals surface area contributed by atoms with Crippen molar-refractivity contribution in [2.24, 2.45) is 0 Å². The van der Waals surface area contributed by atoms with Crippen LogP contribution in [-0.2, 0) is 0 Å². The summed E-state index contributed by atoms with van der Waals surface area (Å²) >= 11 is 0. The van der Waals surface area contributed by atoms with Crippen LogP contribution in [0.5, 0.6) is 17.4 Å². The summed E-state index contributed by atoms with van der Waals surface area (Å²) in [7, 11) is 0. The lowest BCUT2D eigenvalue weighted by molar-refractivity contribution is 0.432. The molecule has 0 amide bonds. The van der Waals surface area contributed by atoms with E-state index in [0.717, 1.165) is 46.7 Å². The number of ether oxygens (including phenoxy) is 2. The van der Waals surface area contributed by atoms with E-state index in [9.17, 15) is 0 Å². The zero-order valence-corrected chi connectivity index (χ0v) is 15.6. The van der Waals surface area contributed by atoms with E-state index < -0.39 is 0 Å². The van der Waals surface area contributed by atoms with Gasteiger partial charge >= 0.3 is 0 Å². The molecular formula is C21H27NO2. The lowest BCUT2D eigenvalue weighted by Gasteiger charge is -2.15. The fourth-order valence-corrected chi connectivity index (χ4v) is 2.68. The van der Waals surface area contributed by atoms with Gasteiger partial charge < -0.3 is 9.47 Å². The number of rotatable bonds is 6. The fraction of sp³-hybridized carbons (Fsp3) is 0.381. The Morgan fingerprint density at radius 3 is 2.29 bits per heavy atom. The number of aromatic nitrogens is 1. The lowest BCUT2D eigenvalue weighted by Crippen LogP contribution is -1.99. The minimum atomic E-state index is 0.601. The van der Waals surface area contributed by atoms with Crippen molar-refractivity contribution < 1.29 is 9.47 Å². The van der Waals surface area contributed by atoms with Crippen molar-refractivity contribution >= 4 is 0 Å². The van der Waals surface area contributed by atoms with Gasteiger partial charge in [-0.2, -0.15) is 0 Å². The topological polar surface area (TPSA) is 31.4 Å².